The number of aliphatic imine (C=N–C) groups is 1. The summed E-state index contributed by atoms with van der Waals surface area (Å²) in [5.74, 6) is 1.20. The molecule has 0 aliphatic carbocycles. The first-order valence-electron chi connectivity index (χ1n) is 10.1. The average Bonchev–Trinajstić information content (AvgIpc) is 3.01. The third-order valence-electron chi connectivity index (χ3n) is 6.30. The third-order valence-corrected chi connectivity index (χ3v) is 6.30. The van der Waals surface area contributed by atoms with Gasteiger partial charge in [-0.3, -0.25) is 14.6 Å². The summed E-state index contributed by atoms with van der Waals surface area (Å²) in [4.78, 5) is 10.1. The van der Waals surface area contributed by atoms with Gasteiger partial charge in [0.1, 0.15) is 11.5 Å². The average molecular weight is 364 g/mol. The lowest BCUT2D eigenvalue weighted by molar-refractivity contribution is 0.0799. The first kappa shape index (κ1) is 16.8. The normalized spacial score (nSPS) is 21.4. The molecular formula is C21H28N6. The van der Waals surface area contributed by atoms with Crippen molar-refractivity contribution in [3.05, 3.63) is 47.3 Å². The number of amidine groups is 1. The Hall–Kier alpha value is -2.34. The highest BCUT2D eigenvalue weighted by atomic mass is 15.4. The molecule has 1 fully saturated rings. The molecule has 6 heteroatoms. The molecule has 6 nitrogen and oxygen atoms in total. The first-order valence-corrected chi connectivity index (χ1v) is 10.1. The Morgan fingerprint density at radius 2 is 1.96 bits per heavy atom. The van der Waals surface area contributed by atoms with Crippen molar-refractivity contribution in [2.75, 3.05) is 31.5 Å². The molecule has 1 spiro atoms. The molecule has 1 saturated heterocycles. The molecule has 3 aliphatic rings. The number of nitrogens with one attached hydrogen (secondary N) is 1. The lowest BCUT2D eigenvalue weighted by Gasteiger charge is -2.54. The van der Waals surface area contributed by atoms with Crippen LogP contribution in [0.4, 0.5) is 5.69 Å². The molecule has 4 heterocycles. The van der Waals surface area contributed by atoms with Crippen molar-refractivity contribution in [3.8, 4) is 0 Å². The maximum atomic E-state index is 4.92. The van der Waals surface area contributed by atoms with Crippen LogP contribution in [0.3, 0.4) is 0 Å². The van der Waals surface area contributed by atoms with Gasteiger partial charge in [0.2, 0.25) is 0 Å². The number of anilines is 1. The summed E-state index contributed by atoms with van der Waals surface area (Å²) < 4.78 is 1.92. The SMILES string of the molecule is Cc1nn(C)cc1CN1CCC2(CC1)Nc1ccccc1C1=NCCCN12. The fraction of sp³-hybridized carbons (Fsp3) is 0.524. The largest absolute Gasteiger partial charge is 0.362 e. The maximum absolute atomic E-state index is 4.92. The summed E-state index contributed by atoms with van der Waals surface area (Å²) >= 11 is 0. The van der Waals surface area contributed by atoms with Gasteiger partial charge in [-0.1, -0.05) is 12.1 Å². The van der Waals surface area contributed by atoms with Gasteiger partial charge in [-0.15, -0.1) is 0 Å². The van der Waals surface area contributed by atoms with E-state index in [0.29, 0.717) is 0 Å². The lowest BCUT2D eigenvalue weighted by Crippen LogP contribution is -2.65. The summed E-state index contributed by atoms with van der Waals surface area (Å²) in [7, 11) is 2.00. The van der Waals surface area contributed by atoms with Crippen LogP contribution in [0.2, 0.25) is 0 Å². The topological polar surface area (TPSA) is 48.7 Å². The number of para-hydroxylation sites is 1. The standard InChI is InChI=1S/C21H28N6/c1-16-17(14-25(2)24-16)15-26-12-8-21(9-13-26)23-19-7-4-3-6-18(19)20-22-10-5-11-27(20)21/h3-4,6-7,14,23H,5,8-13,15H2,1-2H3. The van der Waals surface area contributed by atoms with E-state index in [0.717, 1.165) is 57.7 Å². The number of benzene rings is 1. The minimum Gasteiger partial charge on any atom is -0.362 e. The number of hydrogen-bond acceptors (Lipinski definition) is 5. The van der Waals surface area contributed by atoms with Crippen molar-refractivity contribution in [2.24, 2.45) is 12.0 Å². The van der Waals surface area contributed by atoms with E-state index in [1.165, 1.54) is 22.6 Å². The van der Waals surface area contributed by atoms with Gasteiger partial charge in [-0.25, -0.2) is 0 Å². The van der Waals surface area contributed by atoms with Gasteiger partial charge in [-0.05, 0) is 25.5 Å². The monoisotopic (exact) mass is 364 g/mol. The third kappa shape index (κ3) is 2.83. The predicted octanol–water partition coefficient (Wildman–Crippen LogP) is 2.60. The summed E-state index contributed by atoms with van der Waals surface area (Å²) in [6.07, 6.45) is 5.53. The van der Waals surface area contributed by atoms with Crippen LogP contribution in [-0.4, -0.2) is 57.3 Å². The van der Waals surface area contributed by atoms with Gasteiger partial charge < -0.3 is 10.2 Å². The zero-order valence-electron chi connectivity index (χ0n) is 16.3. The quantitative estimate of drug-likeness (QED) is 0.890. The molecule has 1 aromatic heterocycles. The van der Waals surface area contributed by atoms with E-state index in [2.05, 4.69) is 57.6 Å². The molecule has 142 valence electrons. The van der Waals surface area contributed by atoms with Crippen LogP contribution in [0.25, 0.3) is 0 Å². The minimum absolute atomic E-state index is 0.00802. The number of hydrogen-bond donors (Lipinski definition) is 1. The lowest BCUT2D eigenvalue weighted by atomic mass is 9.89. The van der Waals surface area contributed by atoms with Gasteiger partial charge in [-0.2, -0.15) is 5.10 Å². The van der Waals surface area contributed by atoms with Crippen LogP contribution < -0.4 is 5.32 Å². The number of rotatable bonds is 2. The highest BCUT2D eigenvalue weighted by Gasteiger charge is 2.45. The Balaban J connectivity index is 1.38. The molecule has 2 aromatic rings. The van der Waals surface area contributed by atoms with E-state index in [4.69, 9.17) is 4.99 Å². The molecule has 3 aliphatic heterocycles. The Labute approximate surface area is 160 Å². The van der Waals surface area contributed by atoms with Gasteiger partial charge in [0.05, 0.1) is 5.69 Å². The summed E-state index contributed by atoms with van der Waals surface area (Å²) in [5.41, 5.74) is 5.00. The van der Waals surface area contributed by atoms with E-state index in [1.807, 2.05) is 11.7 Å². The number of aryl methyl sites for hydroxylation is 2. The van der Waals surface area contributed by atoms with Gasteiger partial charge in [0, 0.05) is 75.6 Å². The second-order valence-electron chi connectivity index (χ2n) is 8.10. The molecule has 0 atom stereocenters. The summed E-state index contributed by atoms with van der Waals surface area (Å²) in [6, 6.07) is 8.65. The van der Waals surface area contributed by atoms with E-state index in [9.17, 15) is 0 Å². The molecule has 0 radical (unpaired) electrons. The smallest absolute Gasteiger partial charge is 0.134 e. The predicted molar refractivity (Wildman–Crippen MR) is 108 cm³/mol. The van der Waals surface area contributed by atoms with Gasteiger partial charge >= 0.3 is 0 Å². The Kier molecular flexibility index (Phi) is 3.97. The van der Waals surface area contributed by atoms with Crippen molar-refractivity contribution in [2.45, 2.75) is 38.4 Å². The zero-order valence-corrected chi connectivity index (χ0v) is 16.3. The highest BCUT2D eigenvalue weighted by molar-refractivity contribution is 6.06. The van der Waals surface area contributed by atoms with Gasteiger partial charge in [0.25, 0.3) is 0 Å². The molecular weight excluding hydrogens is 336 g/mol. The Morgan fingerprint density at radius 3 is 2.74 bits per heavy atom. The summed E-state index contributed by atoms with van der Waals surface area (Å²) in [6.45, 7) is 7.33. The van der Waals surface area contributed by atoms with Crippen LogP contribution >= 0.6 is 0 Å². The van der Waals surface area contributed by atoms with Gasteiger partial charge in [0.15, 0.2) is 0 Å². The first-order chi connectivity index (χ1) is 13.1. The number of aromatic nitrogens is 2. The fourth-order valence-electron chi connectivity index (χ4n) is 4.88. The molecule has 0 amide bonds. The number of piperidine rings is 1. The van der Waals surface area contributed by atoms with Crippen LogP contribution in [0.1, 0.15) is 36.1 Å². The van der Waals surface area contributed by atoms with E-state index in [-0.39, 0.29) is 5.66 Å². The second-order valence-corrected chi connectivity index (χ2v) is 8.10. The Bertz CT molecular complexity index is 875. The van der Waals surface area contributed by atoms with Crippen molar-refractivity contribution in [1.82, 2.24) is 19.6 Å². The highest BCUT2D eigenvalue weighted by Crippen LogP contribution is 2.39. The molecule has 1 N–H and O–H groups in total. The minimum atomic E-state index is 0.00802. The molecule has 0 unspecified atom stereocenters. The fourth-order valence-corrected chi connectivity index (χ4v) is 4.88. The number of fused-ring (bicyclic) bond motifs is 4. The molecule has 0 bridgehead atoms. The second kappa shape index (κ2) is 6.37. The Morgan fingerprint density at radius 1 is 1.15 bits per heavy atom. The number of likely N-dealkylation sites (tertiary alicyclic amines) is 1. The molecule has 27 heavy (non-hydrogen) atoms. The van der Waals surface area contributed by atoms with Crippen molar-refractivity contribution < 1.29 is 0 Å². The van der Waals surface area contributed by atoms with E-state index in [1.54, 1.807) is 0 Å². The van der Waals surface area contributed by atoms with E-state index < -0.39 is 0 Å². The molecule has 0 saturated carbocycles. The zero-order chi connectivity index (χ0) is 18.4. The number of nitrogens with zero attached hydrogens (tertiary/aromatic N) is 5. The maximum Gasteiger partial charge on any atom is 0.134 e. The van der Waals surface area contributed by atoms with Crippen LogP contribution in [0.15, 0.2) is 35.5 Å². The summed E-state index contributed by atoms with van der Waals surface area (Å²) in [5, 5.41) is 8.41. The van der Waals surface area contributed by atoms with Crippen molar-refractivity contribution in [3.63, 3.8) is 0 Å². The van der Waals surface area contributed by atoms with Crippen LogP contribution in [0.5, 0.6) is 0 Å². The van der Waals surface area contributed by atoms with Crippen LogP contribution in [0, 0.1) is 6.92 Å². The van der Waals surface area contributed by atoms with Crippen molar-refractivity contribution in [1.29, 1.82) is 0 Å². The molecule has 5 rings (SSSR count). The van der Waals surface area contributed by atoms with Crippen molar-refractivity contribution >= 4 is 11.5 Å². The van der Waals surface area contributed by atoms with Crippen LogP contribution in [-0.2, 0) is 13.6 Å². The molecule has 1 aromatic carbocycles. The van der Waals surface area contributed by atoms with E-state index >= 15 is 0 Å².